The third-order valence-corrected chi connectivity index (χ3v) is 4.21. The first kappa shape index (κ1) is 11.1. The Bertz CT molecular complexity index is 300. The maximum Gasteiger partial charge on any atom is 0.0953 e. The van der Waals surface area contributed by atoms with Crippen molar-refractivity contribution in [3.63, 3.8) is 0 Å². The van der Waals surface area contributed by atoms with Crippen LogP contribution in [0.3, 0.4) is 0 Å². The van der Waals surface area contributed by atoms with Gasteiger partial charge in [-0.3, -0.25) is 0 Å². The maximum atomic E-state index is 4.70. The summed E-state index contributed by atoms with van der Waals surface area (Å²) in [6.45, 7) is 6.80. The minimum absolute atomic E-state index is 0.580. The molecule has 15 heavy (non-hydrogen) atoms. The fourth-order valence-corrected chi connectivity index (χ4v) is 2.91. The van der Waals surface area contributed by atoms with Gasteiger partial charge < -0.3 is 5.32 Å². The van der Waals surface area contributed by atoms with Crippen LogP contribution < -0.4 is 5.32 Å². The molecule has 2 rings (SSSR count). The number of piperidine rings is 1. The smallest absolute Gasteiger partial charge is 0.0953 e. The molecule has 0 bridgehead atoms. The van der Waals surface area contributed by atoms with E-state index in [1.807, 2.05) is 11.3 Å². The van der Waals surface area contributed by atoms with Crippen LogP contribution in [-0.2, 0) is 6.42 Å². The highest BCUT2D eigenvalue weighted by molar-refractivity contribution is 7.09. The predicted octanol–water partition coefficient (Wildman–Crippen LogP) is 2.81. The predicted molar refractivity (Wildman–Crippen MR) is 65.5 cm³/mol. The van der Waals surface area contributed by atoms with Crippen molar-refractivity contribution < 1.29 is 0 Å². The van der Waals surface area contributed by atoms with Crippen LogP contribution in [0.1, 0.15) is 43.3 Å². The number of nitrogens with zero attached hydrogens (tertiary/aromatic N) is 1. The summed E-state index contributed by atoms with van der Waals surface area (Å²) in [5.74, 6) is 1.44. The van der Waals surface area contributed by atoms with Crippen LogP contribution >= 0.6 is 11.3 Å². The highest BCUT2D eigenvalue weighted by Gasteiger charge is 2.15. The molecule has 2 nitrogen and oxygen atoms in total. The van der Waals surface area contributed by atoms with Crippen LogP contribution in [0, 0.1) is 5.92 Å². The molecule has 84 valence electrons. The molecule has 1 saturated heterocycles. The number of hydrogen-bond acceptors (Lipinski definition) is 3. The summed E-state index contributed by atoms with van der Waals surface area (Å²) in [5.41, 5.74) is 1.32. The second-order valence-corrected chi connectivity index (χ2v) is 5.62. The average molecular weight is 224 g/mol. The van der Waals surface area contributed by atoms with Crippen molar-refractivity contribution in [2.24, 2.45) is 5.92 Å². The van der Waals surface area contributed by atoms with E-state index in [2.05, 4.69) is 24.5 Å². The minimum atomic E-state index is 0.580. The first-order valence-corrected chi connectivity index (χ1v) is 6.78. The second kappa shape index (κ2) is 5.08. The molecule has 3 heteroatoms. The van der Waals surface area contributed by atoms with Crippen LogP contribution in [0.4, 0.5) is 0 Å². The fourth-order valence-electron chi connectivity index (χ4n) is 2.06. The number of rotatable bonds is 3. The SMILES string of the molecule is CC(C)c1nc(CC2CCNCC2)cs1. The molecular formula is C12H20N2S. The standard InChI is InChI=1S/C12H20N2S/c1-9(2)12-14-11(8-15-12)7-10-3-5-13-6-4-10/h8-10,13H,3-7H2,1-2H3. The van der Waals surface area contributed by atoms with Crippen LogP contribution in [0.2, 0.25) is 0 Å². The normalized spacial score (nSPS) is 18.6. The van der Waals surface area contributed by atoms with Gasteiger partial charge in [-0.15, -0.1) is 11.3 Å². The summed E-state index contributed by atoms with van der Waals surface area (Å²) in [6, 6.07) is 0. The Morgan fingerprint density at radius 1 is 1.47 bits per heavy atom. The largest absolute Gasteiger partial charge is 0.317 e. The van der Waals surface area contributed by atoms with Crippen LogP contribution in [0.15, 0.2) is 5.38 Å². The Labute approximate surface area is 96.1 Å². The van der Waals surface area contributed by atoms with Gasteiger partial charge in [0.1, 0.15) is 0 Å². The molecule has 1 aliphatic rings. The van der Waals surface area contributed by atoms with Gasteiger partial charge in [0.15, 0.2) is 0 Å². The molecule has 0 amide bonds. The van der Waals surface area contributed by atoms with E-state index < -0.39 is 0 Å². The van der Waals surface area contributed by atoms with Crippen molar-refractivity contribution in [2.75, 3.05) is 13.1 Å². The van der Waals surface area contributed by atoms with E-state index in [4.69, 9.17) is 4.98 Å². The summed E-state index contributed by atoms with van der Waals surface area (Å²) in [7, 11) is 0. The van der Waals surface area contributed by atoms with Gasteiger partial charge in [0.2, 0.25) is 0 Å². The van der Waals surface area contributed by atoms with E-state index in [1.54, 1.807) is 0 Å². The number of aromatic nitrogens is 1. The van der Waals surface area contributed by atoms with Crippen LogP contribution in [0.25, 0.3) is 0 Å². The highest BCUT2D eigenvalue weighted by Crippen LogP contribution is 2.23. The zero-order valence-corrected chi connectivity index (χ0v) is 10.4. The molecule has 2 heterocycles. The highest BCUT2D eigenvalue weighted by atomic mass is 32.1. The quantitative estimate of drug-likeness (QED) is 0.854. The van der Waals surface area contributed by atoms with Gasteiger partial charge in [0.25, 0.3) is 0 Å². The molecule has 1 aliphatic heterocycles. The first-order chi connectivity index (χ1) is 7.25. The zero-order valence-electron chi connectivity index (χ0n) is 9.62. The van der Waals surface area contributed by atoms with Gasteiger partial charge in [0, 0.05) is 11.3 Å². The van der Waals surface area contributed by atoms with Crippen molar-refractivity contribution in [2.45, 2.75) is 39.0 Å². The summed E-state index contributed by atoms with van der Waals surface area (Å²) in [5, 5.41) is 6.94. The molecule has 1 aromatic heterocycles. The zero-order chi connectivity index (χ0) is 10.7. The number of thiazole rings is 1. The van der Waals surface area contributed by atoms with E-state index in [9.17, 15) is 0 Å². The molecule has 1 aromatic rings. The summed E-state index contributed by atoms with van der Waals surface area (Å²) in [6.07, 6.45) is 3.81. The average Bonchev–Trinajstić information content (AvgIpc) is 2.68. The third-order valence-electron chi connectivity index (χ3n) is 3.02. The van der Waals surface area contributed by atoms with Crippen molar-refractivity contribution in [1.82, 2.24) is 10.3 Å². The van der Waals surface area contributed by atoms with Gasteiger partial charge in [-0.25, -0.2) is 4.98 Å². The summed E-state index contributed by atoms with van der Waals surface area (Å²) >= 11 is 1.82. The number of nitrogens with one attached hydrogen (secondary N) is 1. The van der Waals surface area contributed by atoms with Crippen LogP contribution in [0.5, 0.6) is 0 Å². The van der Waals surface area contributed by atoms with Gasteiger partial charge in [-0.2, -0.15) is 0 Å². The molecule has 0 unspecified atom stereocenters. The van der Waals surface area contributed by atoms with Crippen molar-refractivity contribution in [3.05, 3.63) is 16.1 Å². The lowest BCUT2D eigenvalue weighted by molar-refractivity contribution is 0.370. The van der Waals surface area contributed by atoms with Gasteiger partial charge in [-0.1, -0.05) is 13.8 Å². The third kappa shape index (κ3) is 3.02. The monoisotopic (exact) mass is 224 g/mol. The summed E-state index contributed by atoms with van der Waals surface area (Å²) in [4.78, 5) is 4.70. The van der Waals surface area contributed by atoms with Gasteiger partial charge in [0.05, 0.1) is 10.7 Å². The lowest BCUT2D eigenvalue weighted by atomic mass is 9.93. The summed E-state index contributed by atoms with van der Waals surface area (Å²) < 4.78 is 0. The van der Waals surface area contributed by atoms with E-state index in [0.717, 1.165) is 5.92 Å². The molecule has 0 atom stereocenters. The molecule has 0 aliphatic carbocycles. The van der Waals surface area contributed by atoms with Crippen molar-refractivity contribution in [1.29, 1.82) is 0 Å². The van der Waals surface area contributed by atoms with Gasteiger partial charge >= 0.3 is 0 Å². The molecule has 0 saturated carbocycles. The lowest BCUT2D eigenvalue weighted by Crippen LogP contribution is -2.28. The van der Waals surface area contributed by atoms with Crippen LogP contribution in [-0.4, -0.2) is 18.1 Å². The Morgan fingerprint density at radius 3 is 2.80 bits per heavy atom. The van der Waals surface area contributed by atoms with E-state index >= 15 is 0 Å². The van der Waals surface area contributed by atoms with Gasteiger partial charge in [-0.05, 0) is 38.3 Å². The molecule has 0 radical (unpaired) electrons. The molecular weight excluding hydrogens is 204 g/mol. The van der Waals surface area contributed by atoms with E-state index in [-0.39, 0.29) is 0 Å². The molecule has 1 fully saturated rings. The molecule has 0 aromatic carbocycles. The Balaban J connectivity index is 1.91. The maximum absolute atomic E-state index is 4.70. The van der Waals surface area contributed by atoms with E-state index in [0.29, 0.717) is 5.92 Å². The topological polar surface area (TPSA) is 24.9 Å². The second-order valence-electron chi connectivity index (χ2n) is 4.73. The number of hydrogen-bond donors (Lipinski definition) is 1. The minimum Gasteiger partial charge on any atom is -0.317 e. The van der Waals surface area contributed by atoms with Crippen molar-refractivity contribution >= 4 is 11.3 Å². The fraction of sp³-hybridized carbons (Fsp3) is 0.750. The lowest BCUT2D eigenvalue weighted by Gasteiger charge is -2.21. The molecule has 1 N–H and O–H groups in total. The first-order valence-electron chi connectivity index (χ1n) is 5.90. The Morgan fingerprint density at radius 2 is 2.20 bits per heavy atom. The molecule has 0 spiro atoms. The Kier molecular flexibility index (Phi) is 3.76. The van der Waals surface area contributed by atoms with E-state index in [1.165, 1.54) is 43.1 Å². The van der Waals surface area contributed by atoms with Crippen molar-refractivity contribution in [3.8, 4) is 0 Å². The Hall–Kier alpha value is -0.410.